The van der Waals surface area contributed by atoms with E-state index in [1.54, 1.807) is 0 Å². The molecule has 78 valence electrons. The first-order valence-corrected chi connectivity index (χ1v) is 4.96. The molecule has 1 unspecified atom stereocenters. The third-order valence-electron chi connectivity index (χ3n) is 2.92. The predicted molar refractivity (Wildman–Crippen MR) is 54.8 cm³/mol. The summed E-state index contributed by atoms with van der Waals surface area (Å²) in [5.41, 5.74) is 0. The van der Waals surface area contributed by atoms with E-state index in [9.17, 15) is 4.79 Å². The first-order valence-electron chi connectivity index (χ1n) is 4.96. The molecule has 3 nitrogen and oxygen atoms in total. The van der Waals surface area contributed by atoms with E-state index in [0.29, 0.717) is 18.3 Å². The van der Waals surface area contributed by atoms with Crippen LogP contribution in [0.4, 0.5) is 0 Å². The fraction of sp³-hybridized carbons (Fsp3) is 0.727. The van der Waals surface area contributed by atoms with Crippen LogP contribution in [0.3, 0.4) is 0 Å². The quantitative estimate of drug-likeness (QED) is 0.682. The molecule has 1 N–H and O–H groups in total. The largest absolute Gasteiger partial charge is 0.480 e. The average molecular weight is 195 g/mol. The Hall–Kier alpha value is -1.01. The van der Waals surface area contributed by atoms with E-state index in [-0.39, 0.29) is 0 Å². The van der Waals surface area contributed by atoms with Gasteiger partial charge in [-0.1, -0.05) is 13.8 Å². The summed E-state index contributed by atoms with van der Waals surface area (Å²) in [6.07, 6.45) is 5.44. The van der Waals surface area contributed by atoms with E-state index >= 15 is 0 Å². The number of rotatable bonds is 4. The van der Waals surface area contributed by atoms with Crippen LogP contribution in [0.5, 0.6) is 0 Å². The number of carbonyl (C=O) groups is 1. The zero-order valence-electron chi connectivity index (χ0n) is 8.73. The van der Waals surface area contributed by atoms with Crippen LogP contribution < -0.4 is 0 Å². The van der Waals surface area contributed by atoms with Gasteiger partial charge in [-0.25, -0.2) is 0 Å². The highest BCUT2D eigenvalue weighted by atomic mass is 16.4. The Morgan fingerprint density at radius 1 is 1.64 bits per heavy atom. The highest BCUT2D eigenvalue weighted by Crippen LogP contribution is 2.26. The molecular formula is C11H17NO2. The molecular weight excluding hydrogens is 178 g/mol. The predicted octanol–water partition coefficient (Wildman–Crippen LogP) is 1.05. The number of terminal acetylenes is 1. The SMILES string of the molecule is C#CCC(C(=O)O)N1CC(C(C)C)C1. The Morgan fingerprint density at radius 3 is 2.57 bits per heavy atom. The molecule has 1 fully saturated rings. The highest BCUT2D eigenvalue weighted by molar-refractivity contribution is 5.74. The average Bonchev–Trinajstić information content (AvgIpc) is 1.99. The van der Waals surface area contributed by atoms with Crippen molar-refractivity contribution in [1.29, 1.82) is 0 Å². The summed E-state index contributed by atoms with van der Waals surface area (Å²) in [6.45, 7) is 6.07. The highest BCUT2D eigenvalue weighted by Gasteiger charge is 2.36. The van der Waals surface area contributed by atoms with E-state index in [1.807, 2.05) is 4.90 Å². The van der Waals surface area contributed by atoms with Crippen molar-refractivity contribution in [2.24, 2.45) is 11.8 Å². The lowest BCUT2D eigenvalue weighted by Crippen LogP contribution is -2.56. The van der Waals surface area contributed by atoms with Gasteiger partial charge < -0.3 is 5.11 Å². The van der Waals surface area contributed by atoms with Crippen molar-refractivity contribution in [3.8, 4) is 12.3 Å². The van der Waals surface area contributed by atoms with Crippen LogP contribution in [-0.2, 0) is 4.79 Å². The number of carboxylic acid groups (broad SMARTS) is 1. The van der Waals surface area contributed by atoms with E-state index in [4.69, 9.17) is 11.5 Å². The first-order chi connectivity index (χ1) is 6.56. The van der Waals surface area contributed by atoms with Crippen LogP contribution in [0.1, 0.15) is 20.3 Å². The van der Waals surface area contributed by atoms with E-state index in [1.165, 1.54) is 0 Å². The van der Waals surface area contributed by atoms with Crippen molar-refractivity contribution in [2.75, 3.05) is 13.1 Å². The molecule has 0 aromatic carbocycles. The number of hydrogen-bond donors (Lipinski definition) is 1. The van der Waals surface area contributed by atoms with Gasteiger partial charge in [-0.15, -0.1) is 12.3 Å². The minimum atomic E-state index is -0.801. The van der Waals surface area contributed by atoms with E-state index in [0.717, 1.165) is 13.1 Å². The van der Waals surface area contributed by atoms with Crippen LogP contribution in [-0.4, -0.2) is 35.1 Å². The van der Waals surface area contributed by atoms with Gasteiger partial charge in [0.25, 0.3) is 0 Å². The maximum atomic E-state index is 10.9. The summed E-state index contributed by atoms with van der Waals surface area (Å²) in [4.78, 5) is 12.8. The number of likely N-dealkylation sites (tertiary alicyclic amines) is 1. The molecule has 0 aromatic heterocycles. The minimum Gasteiger partial charge on any atom is -0.480 e. The van der Waals surface area contributed by atoms with Crippen LogP contribution in [0.15, 0.2) is 0 Å². The Morgan fingerprint density at radius 2 is 2.21 bits per heavy atom. The molecule has 1 rings (SSSR count). The van der Waals surface area contributed by atoms with Crippen LogP contribution in [0.2, 0.25) is 0 Å². The second-order valence-electron chi connectivity index (χ2n) is 4.22. The van der Waals surface area contributed by atoms with E-state index < -0.39 is 12.0 Å². The van der Waals surface area contributed by atoms with Gasteiger partial charge in [-0.05, 0) is 11.8 Å². The topological polar surface area (TPSA) is 40.5 Å². The first kappa shape index (κ1) is 11.1. The monoisotopic (exact) mass is 195 g/mol. The third-order valence-corrected chi connectivity index (χ3v) is 2.92. The standard InChI is InChI=1S/C11H17NO2/c1-4-5-10(11(13)14)12-6-9(7-12)8(2)3/h1,8-10H,5-7H2,2-3H3,(H,13,14). The van der Waals surface area contributed by atoms with Crippen molar-refractivity contribution in [1.82, 2.24) is 4.90 Å². The van der Waals surface area contributed by atoms with Gasteiger partial charge in [0.1, 0.15) is 6.04 Å². The zero-order valence-corrected chi connectivity index (χ0v) is 8.73. The number of hydrogen-bond acceptors (Lipinski definition) is 2. The molecule has 0 saturated carbocycles. The Labute approximate surface area is 85.1 Å². The second-order valence-corrected chi connectivity index (χ2v) is 4.22. The van der Waals surface area contributed by atoms with Crippen molar-refractivity contribution < 1.29 is 9.90 Å². The van der Waals surface area contributed by atoms with Gasteiger partial charge in [-0.2, -0.15) is 0 Å². The lowest BCUT2D eigenvalue weighted by molar-refractivity contribution is -0.146. The maximum Gasteiger partial charge on any atom is 0.321 e. The van der Waals surface area contributed by atoms with Crippen LogP contribution in [0, 0.1) is 24.2 Å². The van der Waals surface area contributed by atoms with Crippen molar-refractivity contribution in [2.45, 2.75) is 26.3 Å². The lowest BCUT2D eigenvalue weighted by Gasteiger charge is -2.44. The van der Waals surface area contributed by atoms with Crippen molar-refractivity contribution >= 4 is 5.97 Å². The van der Waals surface area contributed by atoms with E-state index in [2.05, 4.69) is 19.8 Å². The molecule has 1 atom stereocenters. The Balaban J connectivity index is 2.43. The zero-order chi connectivity index (χ0) is 10.7. The molecule has 14 heavy (non-hydrogen) atoms. The molecule has 0 radical (unpaired) electrons. The molecule has 0 amide bonds. The molecule has 1 heterocycles. The van der Waals surface area contributed by atoms with Gasteiger partial charge in [0.15, 0.2) is 0 Å². The number of aliphatic carboxylic acids is 1. The number of carboxylic acids is 1. The summed E-state index contributed by atoms with van der Waals surface area (Å²) >= 11 is 0. The molecule has 0 aromatic rings. The van der Waals surface area contributed by atoms with Gasteiger partial charge in [-0.3, -0.25) is 9.69 Å². The maximum absolute atomic E-state index is 10.9. The summed E-state index contributed by atoms with van der Waals surface area (Å²) in [5.74, 6) is 2.88. The molecule has 1 aliphatic rings. The molecule has 1 saturated heterocycles. The smallest absolute Gasteiger partial charge is 0.321 e. The van der Waals surface area contributed by atoms with Crippen LogP contribution >= 0.6 is 0 Å². The second kappa shape index (κ2) is 4.47. The summed E-state index contributed by atoms with van der Waals surface area (Å²) in [7, 11) is 0. The fourth-order valence-electron chi connectivity index (χ4n) is 1.71. The minimum absolute atomic E-state index is 0.306. The van der Waals surface area contributed by atoms with Gasteiger partial charge in [0.05, 0.1) is 0 Å². The third kappa shape index (κ3) is 2.27. The van der Waals surface area contributed by atoms with Gasteiger partial charge in [0, 0.05) is 19.5 Å². The molecule has 0 aliphatic carbocycles. The molecule has 0 spiro atoms. The number of nitrogens with zero attached hydrogens (tertiary/aromatic N) is 1. The Bertz CT molecular complexity index is 249. The van der Waals surface area contributed by atoms with Crippen molar-refractivity contribution in [3.63, 3.8) is 0 Å². The summed E-state index contributed by atoms with van der Waals surface area (Å²) < 4.78 is 0. The Kier molecular flexibility index (Phi) is 3.54. The van der Waals surface area contributed by atoms with Gasteiger partial charge >= 0.3 is 5.97 Å². The lowest BCUT2D eigenvalue weighted by atomic mass is 9.87. The van der Waals surface area contributed by atoms with Crippen LogP contribution in [0.25, 0.3) is 0 Å². The van der Waals surface area contributed by atoms with Crippen molar-refractivity contribution in [3.05, 3.63) is 0 Å². The normalized spacial score (nSPS) is 20.1. The fourth-order valence-corrected chi connectivity index (χ4v) is 1.71. The molecule has 3 heteroatoms. The molecule has 1 aliphatic heterocycles. The van der Waals surface area contributed by atoms with Gasteiger partial charge in [0.2, 0.25) is 0 Å². The summed E-state index contributed by atoms with van der Waals surface area (Å²) in [5, 5.41) is 8.93. The molecule has 0 bridgehead atoms. The summed E-state index contributed by atoms with van der Waals surface area (Å²) in [6, 6.07) is -0.477.